The molecular weight excluding hydrogens is 262 g/mol. The maximum absolute atomic E-state index is 10.6. The third kappa shape index (κ3) is 2.86. The lowest BCUT2D eigenvalue weighted by Gasteiger charge is -2.16. The van der Waals surface area contributed by atoms with Crippen molar-refractivity contribution in [2.45, 2.75) is 13.0 Å². The van der Waals surface area contributed by atoms with E-state index in [1.165, 1.54) is 0 Å². The first-order valence-corrected chi connectivity index (χ1v) is 5.14. The van der Waals surface area contributed by atoms with Crippen molar-refractivity contribution in [3.05, 3.63) is 28.2 Å². The fourth-order valence-electron chi connectivity index (χ4n) is 1.30. The topological polar surface area (TPSA) is 61.6 Å². The summed E-state index contributed by atoms with van der Waals surface area (Å²) in [5, 5.41) is 0. The van der Waals surface area contributed by atoms with Gasteiger partial charge in [0.05, 0.1) is 11.6 Å². The van der Waals surface area contributed by atoms with Gasteiger partial charge in [-0.1, -0.05) is 12.1 Å². The van der Waals surface area contributed by atoms with Crippen molar-refractivity contribution in [2.75, 3.05) is 7.11 Å². The second-order valence-corrected chi connectivity index (χ2v) is 3.80. The number of hydrogen-bond acceptors (Lipinski definition) is 3. The molecule has 0 aromatic heterocycles. The van der Waals surface area contributed by atoms with Crippen molar-refractivity contribution >= 4 is 22.0 Å². The largest absolute Gasteiger partial charge is 0.495 e. The van der Waals surface area contributed by atoms with Gasteiger partial charge in [0.25, 0.3) is 0 Å². The first-order valence-electron chi connectivity index (χ1n) is 4.34. The highest BCUT2D eigenvalue weighted by Crippen LogP contribution is 2.33. The lowest BCUT2D eigenvalue weighted by Crippen LogP contribution is -2.16. The van der Waals surface area contributed by atoms with E-state index < -0.39 is 12.2 Å². The van der Waals surface area contributed by atoms with Crippen LogP contribution in [-0.2, 0) is 4.74 Å². The molecule has 5 heteroatoms. The molecule has 1 rings (SSSR count). The van der Waals surface area contributed by atoms with Crippen LogP contribution in [0.3, 0.4) is 0 Å². The van der Waals surface area contributed by atoms with Crippen LogP contribution < -0.4 is 10.5 Å². The van der Waals surface area contributed by atoms with Crippen molar-refractivity contribution in [1.29, 1.82) is 0 Å². The zero-order valence-electron chi connectivity index (χ0n) is 8.49. The molecule has 82 valence electrons. The molecule has 0 aliphatic carbocycles. The molecule has 0 unspecified atom stereocenters. The molecule has 0 saturated heterocycles. The van der Waals surface area contributed by atoms with Crippen molar-refractivity contribution in [2.24, 2.45) is 5.73 Å². The lowest BCUT2D eigenvalue weighted by atomic mass is 10.1. The smallest absolute Gasteiger partial charge is 0.405 e. The molecule has 2 N–H and O–H groups in total. The normalized spacial score (nSPS) is 11.9. The summed E-state index contributed by atoms with van der Waals surface area (Å²) < 4.78 is 10.9. The number of hydrogen-bond donors (Lipinski definition) is 1. The van der Waals surface area contributed by atoms with E-state index in [1.54, 1.807) is 14.0 Å². The fourth-order valence-corrected chi connectivity index (χ4v) is 1.84. The Morgan fingerprint density at radius 1 is 1.53 bits per heavy atom. The number of carbonyl (C=O) groups excluding carboxylic acids is 1. The Balaban J connectivity index is 3.02. The number of methoxy groups -OCH3 is 1. The molecule has 1 aromatic rings. The Morgan fingerprint density at radius 3 is 2.73 bits per heavy atom. The van der Waals surface area contributed by atoms with E-state index >= 15 is 0 Å². The van der Waals surface area contributed by atoms with Gasteiger partial charge in [0, 0.05) is 5.56 Å². The summed E-state index contributed by atoms with van der Waals surface area (Å²) in [6.07, 6.45) is -1.24. The molecule has 15 heavy (non-hydrogen) atoms. The minimum Gasteiger partial charge on any atom is -0.495 e. The second kappa shape index (κ2) is 5.02. The Labute approximate surface area is 96.5 Å². The number of halogens is 1. The average molecular weight is 274 g/mol. The van der Waals surface area contributed by atoms with E-state index in [2.05, 4.69) is 15.9 Å². The molecule has 0 aliphatic heterocycles. The van der Waals surface area contributed by atoms with Crippen LogP contribution in [0.2, 0.25) is 0 Å². The van der Waals surface area contributed by atoms with Crippen molar-refractivity contribution in [3.63, 3.8) is 0 Å². The molecule has 1 aromatic carbocycles. The Morgan fingerprint density at radius 2 is 2.20 bits per heavy atom. The summed E-state index contributed by atoms with van der Waals surface area (Å²) in [7, 11) is 1.56. The molecule has 0 aliphatic rings. The van der Waals surface area contributed by atoms with Crippen LogP contribution in [0.15, 0.2) is 22.7 Å². The third-order valence-electron chi connectivity index (χ3n) is 1.93. The molecule has 0 heterocycles. The van der Waals surface area contributed by atoms with Gasteiger partial charge in [-0.25, -0.2) is 4.79 Å². The predicted molar refractivity (Wildman–Crippen MR) is 59.8 cm³/mol. The summed E-state index contributed by atoms with van der Waals surface area (Å²) in [6, 6.07) is 5.50. The number of ether oxygens (including phenoxy) is 2. The van der Waals surface area contributed by atoms with E-state index in [0.717, 1.165) is 10.0 Å². The van der Waals surface area contributed by atoms with Crippen LogP contribution in [0, 0.1) is 0 Å². The van der Waals surface area contributed by atoms with Crippen LogP contribution in [-0.4, -0.2) is 13.2 Å². The van der Waals surface area contributed by atoms with E-state index in [4.69, 9.17) is 15.2 Å². The first-order chi connectivity index (χ1) is 7.06. The number of nitrogens with two attached hydrogens (primary N) is 1. The molecule has 0 saturated carbocycles. The fraction of sp³-hybridized carbons (Fsp3) is 0.300. The number of carbonyl (C=O) groups is 1. The molecule has 0 fully saturated rings. The highest BCUT2D eigenvalue weighted by molar-refractivity contribution is 9.10. The van der Waals surface area contributed by atoms with Gasteiger partial charge in [0.1, 0.15) is 11.9 Å². The van der Waals surface area contributed by atoms with Crippen molar-refractivity contribution in [3.8, 4) is 5.75 Å². The maximum Gasteiger partial charge on any atom is 0.405 e. The molecule has 4 nitrogen and oxygen atoms in total. The SMILES string of the molecule is COc1c(Br)cccc1[C@@H](C)OC(N)=O. The van der Waals surface area contributed by atoms with Crippen LogP contribution in [0.25, 0.3) is 0 Å². The third-order valence-corrected chi connectivity index (χ3v) is 2.56. The van der Waals surface area contributed by atoms with Crippen LogP contribution in [0.1, 0.15) is 18.6 Å². The van der Waals surface area contributed by atoms with E-state index in [9.17, 15) is 4.79 Å². The quantitative estimate of drug-likeness (QED) is 0.921. The monoisotopic (exact) mass is 273 g/mol. The maximum atomic E-state index is 10.6. The lowest BCUT2D eigenvalue weighted by molar-refractivity contribution is 0.115. The highest BCUT2D eigenvalue weighted by atomic mass is 79.9. The summed E-state index contributed by atoms with van der Waals surface area (Å²) in [5.41, 5.74) is 5.72. The number of rotatable bonds is 3. The summed E-state index contributed by atoms with van der Waals surface area (Å²) in [5.74, 6) is 0.645. The Hall–Kier alpha value is -1.23. The van der Waals surface area contributed by atoms with E-state index in [0.29, 0.717) is 5.75 Å². The Bertz CT molecular complexity index is 368. The Kier molecular flexibility index (Phi) is 3.96. The van der Waals surface area contributed by atoms with Crippen molar-refractivity contribution in [1.82, 2.24) is 0 Å². The van der Waals surface area contributed by atoms with Gasteiger partial charge in [-0.05, 0) is 28.9 Å². The van der Waals surface area contributed by atoms with E-state index in [1.807, 2.05) is 18.2 Å². The zero-order chi connectivity index (χ0) is 11.4. The highest BCUT2D eigenvalue weighted by Gasteiger charge is 2.15. The summed E-state index contributed by atoms with van der Waals surface area (Å²) in [4.78, 5) is 10.6. The van der Waals surface area contributed by atoms with Gasteiger partial charge in [-0.15, -0.1) is 0 Å². The average Bonchev–Trinajstić information content (AvgIpc) is 2.16. The second-order valence-electron chi connectivity index (χ2n) is 2.94. The molecule has 0 spiro atoms. The van der Waals surface area contributed by atoms with E-state index in [-0.39, 0.29) is 0 Å². The molecular formula is C10H12BrNO3. The van der Waals surface area contributed by atoms with Gasteiger partial charge in [0.2, 0.25) is 0 Å². The minimum atomic E-state index is -0.801. The minimum absolute atomic E-state index is 0.435. The number of amides is 1. The number of benzene rings is 1. The molecule has 0 radical (unpaired) electrons. The van der Waals surface area contributed by atoms with Crippen LogP contribution in [0.5, 0.6) is 5.75 Å². The van der Waals surface area contributed by atoms with Gasteiger partial charge in [-0.2, -0.15) is 0 Å². The van der Waals surface area contributed by atoms with Crippen LogP contribution >= 0.6 is 15.9 Å². The molecule has 1 amide bonds. The molecule has 1 atom stereocenters. The van der Waals surface area contributed by atoms with Gasteiger partial charge >= 0.3 is 6.09 Å². The van der Waals surface area contributed by atoms with Crippen molar-refractivity contribution < 1.29 is 14.3 Å². The zero-order valence-corrected chi connectivity index (χ0v) is 10.1. The summed E-state index contributed by atoms with van der Waals surface area (Å²) in [6.45, 7) is 1.73. The predicted octanol–water partition coefficient (Wildman–Crippen LogP) is 2.61. The molecule has 0 bridgehead atoms. The van der Waals surface area contributed by atoms with Gasteiger partial charge in [0.15, 0.2) is 0 Å². The van der Waals surface area contributed by atoms with Gasteiger partial charge in [-0.3, -0.25) is 0 Å². The van der Waals surface area contributed by atoms with Gasteiger partial charge < -0.3 is 15.2 Å². The standard InChI is InChI=1S/C10H12BrNO3/c1-6(15-10(12)13)7-4-3-5-8(11)9(7)14-2/h3-6H,1-2H3,(H2,12,13)/t6-/m1/s1. The number of para-hydroxylation sites is 1. The van der Waals surface area contributed by atoms with Crippen LogP contribution in [0.4, 0.5) is 4.79 Å². The summed E-state index contributed by atoms with van der Waals surface area (Å²) >= 11 is 3.35. The first kappa shape index (κ1) is 11.8. The number of primary amides is 1.